The Kier molecular flexibility index (Phi) is 4.55. The molecule has 1 amide bonds. The van der Waals surface area contributed by atoms with Gasteiger partial charge in [0.1, 0.15) is 5.75 Å². The maximum absolute atomic E-state index is 12.1. The number of ketones is 1. The zero-order chi connectivity index (χ0) is 16.4. The molecule has 2 aromatic carbocycles. The number of ether oxygens (including phenoxy) is 1. The molecule has 0 spiro atoms. The monoisotopic (exact) mass is 349 g/mol. The number of Topliss-reactive ketones (excluding diaryl/α,β-unsaturated/α-hetero) is 1. The lowest BCUT2D eigenvalue weighted by molar-refractivity contribution is -0.114. The number of amides is 1. The Morgan fingerprint density at radius 2 is 1.74 bits per heavy atom. The first kappa shape index (κ1) is 15.8. The Bertz CT molecular complexity index is 759. The van der Waals surface area contributed by atoms with E-state index in [0.717, 1.165) is 0 Å². The molecule has 1 heterocycles. The van der Waals surface area contributed by atoms with E-state index < -0.39 is 11.7 Å². The molecular formula is C17H13Cl2NO3. The molecule has 0 radical (unpaired) electrons. The van der Waals surface area contributed by atoms with Crippen LogP contribution in [-0.2, 0) is 4.79 Å². The van der Waals surface area contributed by atoms with Crippen molar-refractivity contribution in [3.63, 3.8) is 0 Å². The summed E-state index contributed by atoms with van der Waals surface area (Å²) in [5.74, 6) is -0.350. The van der Waals surface area contributed by atoms with Crippen LogP contribution in [0.1, 0.15) is 16.8 Å². The van der Waals surface area contributed by atoms with E-state index in [0.29, 0.717) is 46.6 Å². The number of nitrogens with zero attached hydrogens (tertiary/aromatic N) is 1. The maximum Gasteiger partial charge on any atom is 0.299 e. The average molecular weight is 350 g/mol. The Hall–Kier alpha value is -2.04. The van der Waals surface area contributed by atoms with Crippen LogP contribution in [0, 0.1) is 0 Å². The van der Waals surface area contributed by atoms with E-state index in [9.17, 15) is 9.59 Å². The first-order chi connectivity index (χ1) is 11.1. The van der Waals surface area contributed by atoms with Gasteiger partial charge in [0.2, 0.25) is 0 Å². The van der Waals surface area contributed by atoms with Gasteiger partial charge in [0.15, 0.2) is 0 Å². The molecule has 2 aromatic rings. The lowest BCUT2D eigenvalue weighted by Crippen LogP contribution is -2.31. The van der Waals surface area contributed by atoms with Gasteiger partial charge in [-0.25, -0.2) is 0 Å². The molecule has 0 unspecified atom stereocenters. The maximum atomic E-state index is 12.1. The van der Waals surface area contributed by atoms with Gasteiger partial charge in [-0.2, -0.15) is 0 Å². The van der Waals surface area contributed by atoms with Crippen LogP contribution in [0.5, 0.6) is 5.75 Å². The number of hydrogen-bond donors (Lipinski definition) is 0. The summed E-state index contributed by atoms with van der Waals surface area (Å²) >= 11 is 11.9. The summed E-state index contributed by atoms with van der Waals surface area (Å²) in [5.41, 5.74) is 0.858. The summed E-state index contributed by atoms with van der Waals surface area (Å²) < 4.78 is 5.59. The first-order valence-corrected chi connectivity index (χ1v) is 7.86. The fourth-order valence-electron chi connectivity index (χ4n) is 2.47. The third-order valence-corrected chi connectivity index (χ3v) is 4.11. The molecule has 0 fully saturated rings. The van der Waals surface area contributed by atoms with Crippen molar-refractivity contribution in [1.29, 1.82) is 0 Å². The minimum atomic E-state index is -0.542. The number of para-hydroxylation sites is 1. The number of fused-ring (bicyclic) bond motifs is 1. The third-order valence-electron chi connectivity index (χ3n) is 3.55. The molecule has 0 N–H and O–H groups in total. The van der Waals surface area contributed by atoms with Gasteiger partial charge in [-0.05, 0) is 42.8 Å². The summed E-state index contributed by atoms with van der Waals surface area (Å²) in [4.78, 5) is 25.5. The molecule has 0 aromatic heterocycles. The molecule has 0 bridgehead atoms. The van der Waals surface area contributed by atoms with E-state index in [1.807, 2.05) is 0 Å². The standard InChI is InChI=1S/C17H13Cl2NO3/c18-11-5-7-12(8-6-11)23-10-2-9-20-15-13(16(21)17(20)22)3-1-4-14(15)19/h1,3-8H,2,9-10H2. The van der Waals surface area contributed by atoms with Gasteiger partial charge >= 0.3 is 0 Å². The molecule has 6 heteroatoms. The third kappa shape index (κ3) is 3.19. The van der Waals surface area contributed by atoms with Crippen LogP contribution in [0.3, 0.4) is 0 Å². The molecule has 1 aliphatic rings. The smallest absolute Gasteiger partial charge is 0.299 e. The highest BCUT2D eigenvalue weighted by atomic mass is 35.5. The largest absolute Gasteiger partial charge is 0.494 e. The molecule has 3 rings (SSSR count). The van der Waals surface area contributed by atoms with Gasteiger partial charge in [-0.15, -0.1) is 0 Å². The van der Waals surface area contributed by atoms with E-state index in [-0.39, 0.29) is 0 Å². The molecule has 0 aliphatic carbocycles. The SMILES string of the molecule is O=C1C(=O)N(CCCOc2ccc(Cl)cc2)c2c(Cl)cccc21. The fraction of sp³-hybridized carbons (Fsp3) is 0.176. The predicted molar refractivity (Wildman–Crippen MR) is 89.7 cm³/mol. The van der Waals surface area contributed by atoms with E-state index in [2.05, 4.69) is 0 Å². The Morgan fingerprint density at radius 1 is 1.00 bits per heavy atom. The van der Waals surface area contributed by atoms with Gasteiger partial charge in [0.05, 0.1) is 22.9 Å². The zero-order valence-electron chi connectivity index (χ0n) is 12.1. The molecule has 4 nitrogen and oxygen atoms in total. The van der Waals surface area contributed by atoms with Gasteiger partial charge in [0.25, 0.3) is 11.7 Å². The molecule has 23 heavy (non-hydrogen) atoms. The lowest BCUT2D eigenvalue weighted by Gasteiger charge is -2.17. The van der Waals surface area contributed by atoms with Crippen LogP contribution in [0.15, 0.2) is 42.5 Å². The number of anilines is 1. The second-order valence-corrected chi connectivity index (χ2v) is 5.92. The van der Waals surface area contributed by atoms with Crippen LogP contribution < -0.4 is 9.64 Å². The molecule has 0 saturated carbocycles. The average Bonchev–Trinajstić information content (AvgIpc) is 2.79. The Balaban J connectivity index is 1.62. The number of rotatable bonds is 5. The molecule has 0 saturated heterocycles. The van der Waals surface area contributed by atoms with E-state index in [4.69, 9.17) is 27.9 Å². The van der Waals surface area contributed by atoms with Crippen molar-refractivity contribution in [3.05, 3.63) is 58.1 Å². The van der Waals surface area contributed by atoms with E-state index in [1.165, 1.54) is 4.90 Å². The second kappa shape index (κ2) is 6.60. The van der Waals surface area contributed by atoms with Crippen molar-refractivity contribution in [2.24, 2.45) is 0 Å². The summed E-state index contributed by atoms with van der Waals surface area (Å²) in [5, 5.41) is 1.05. The minimum absolute atomic E-state index is 0.362. The van der Waals surface area contributed by atoms with Crippen LogP contribution in [0.25, 0.3) is 0 Å². The second-order valence-electron chi connectivity index (χ2n) is 5.08. The fourth-order valence-corrected chi connectivity index (χ4v) is 2.87. The number of halogens is 2. The van der Waals surface area contributed by atoms with Gasteiger partial charge in [0, 0.05) is 11.6 Å². The summed E-state index contributed by atoms with van der Waals surface area (Å²) in [6, 6.07) is 12.0. The van der Waals surface area contributed by atoms with Crippen molar-refractivity contribution in [1.82, 2.24) is 0 Å². The molecule has 0 atom stereocenters. The van der Waals surface area contributed by atoms with Crippen LogP contribution in [-0.4, -0.2) is 24.8 Å². The Labute approximate surface area is 143 Å². The number of carbonyl (C=O) groups excluding carboxylic acids is 2. The molecule has 118 valence electrons. The topological polar surface area (TPSA) is 46.6 Å². The summed E-state index contributed by atoms with van der Waals surface area (Å²) in [7, 11) is 0. The first-order valence-electron chi connectivity index (χ1n) is 7.11. The van der Waals surface area contributed by atoms with Crippen molar-refractivity contribution in [3.8, 4) is 5.75 Å². The van der Waals surface area contributed by atoms with Crippen LogP contribution in [0.4, 0.5) is 5.69 Å². The van der Waals surface area contributed by atoms with Gasteiger partial charge < -0.3 is 9.64 Å². The Morgan fingerprint density at radius 3 is 2.48 bits per heavy atom. The van der Waals surface area contributed by atoms with Gasteiger partial charge in [-0.1, -0.05) is 29.3 Å². The van der Waals surface area contributed by atoms with E-state index >= 15 is 0 Å². The summed E-state index contributed by atoms with van der Waals surface area (Å²) in [6.45, 7) is 0.786. The minimum Gasteiger partial charge on any atom is -0.494 e. The normalized spacial score (nSPS) is 13.4. The van der Waals surface area contributed by atoms with E-state index in [1.54, 1.807) is 42.5 Å². The van der Waals surface area contributed by atoms with Crippen LogP contribution >= 0.6 is 23.2 Å². The van der Waals surface area contributed by atoms with Crippen molar-refractivity contribution in [2.45, 2.75) is 6.42 Å². The number of hydrogen-bond acceptors (Lipinski definition) is 3. The molecule has 1 aliphatic heterocycles. The summed E-state index contributed by atoms with van der Waals surface area (Å²) in [6.07, 6.45) is 0.576. The van der Waals surface area contributed by atoms with Crippen molar-refractivity contribution < 1.29 is 14.3 Å². The highest BCUT2D eigenvalue weighted by molar-refractivity contribution is 6.54. The lowest BCUT2D eigenvalue weighted by atomic mass is 10.1. The zero-order valence-corrected chi connectivity index (χ0v) is 13.6. The van der Waals surface area contributed by atoms with Crippen molar-refractivity contribution >= 4 is 40.6 Å². The number of carbonyl (C=O) groups is 2. The quantitative estimate of drug-likeness (QED) is 0.605. The highest BCUT2D eigenvalue weighted by Crippen LogP contribution is 2.35. The highest BCUT2D eigenvalue weighted by Gasteiger charge is 2.36. The van der Waals surface area contributed by atoms with Crippen molar-refractivity contribution in [2.75, 3.05) is 18.1 Å². The van der Waals surface area contributed by atoms with Gasteiger partial charge in [-0.3, -0.25) is 9.59 Å². The predicted octanol–water partition coefficient (Wildman–Crippen LogP) is 3.99. The number of benzene rings is 2. The van der Waals surface area contributed by atoms with Crippen LogP contribution in [0.2, 0.25) is 10.0 Å². The molecular weight excluding hydrogens is 337 g/mol.